The number of nitro benzene ring substituents is 1. The normalized spacial score (nSPS) is 21.4. The maximum Gasteiger partial charge on any atom is 0.330 e. The molecule has 8 heteroatoms. The van der Waals surface area contributed by atoms with Crippen molar-refractivity contribution in [3.05, 3.63) is 39.9 Å². The monoisotopic (exact) mass is 296 g/mol. The van der Waals surface area contributed by atoms with Gasteiger partial charge in [-0.05, 0) is 24.3 Å². The van der Waals surface area contributed by atoms with E-state index in [0.29, 0.717) is 17.9 Å². The molecule has 1 fully saturated rings. The summed E-state index contributed by atoms with van der Waals surface area (Å²) in [6, 6.07) is 5.05. The lowest BCUT2D eigenvalue weighted by Crippen LogP contribution is -2.54. The predicted molar refractivity (Wildman–Crippen MR) is 72.9 cm³/mol. The molecule has 20 heavy (non-hydrogen) atoms. The Labute approximate surface area is 118 Å². The van der Waals surface area contributed by atoms with E-state index in [1.807, 2.05) is 0 Å². The Hall–Kier alpha value is -2.09. The van der Waals surface area contributed by atoms with Crippen LogP contribution in [0.15, 0.2) is 24.3 Å². The van der Waals surface area contributed by atoms with E-state index in [9.17, 15) is 24.8 Å². The van der Waals surface area contributed by atoms with Crippen LogP contribution in [0.4, 0.5) is 5.69 Å². The van der Waals surface area contributed by atoms with Crippen molar-refractivity contribution in [3.63, 3.8) is 0 Å². The molecule has 1 unspecified atom stereocenters. The van der Waals surface area contributed by atoms with Crippen LogP contribution < -0.4 is 5.32 Å². The minimum absolute atomic E-state index is 0.120. The molecule has 1 amide bonds. The second kappa shape index (κ2) is 5.49. The number of carbonyl (C=O) groups excluding carboxylic acids is 1. The van der Waals surface area contributed by atoms with E-state index in [2.05, 4.69) is 5.32 Å². The summed E-state index contributed by atoms with van der Waals surface area (Å²) >= 11 is 1.47. The highest BCUT2D eigenvalue weighted by Gasteiger charge is 2.43. The van der Waals surface area contributed by atoms with Crippen LogP contribution in [0.3, 0.4) is 0 Å². The highest BCUT2D eigenvalue weighted by molar-refractivity contribution is 7.99. The number of carboxylic acid groups (broad SMARTS) is 1. The number of nitro groups is 1. The number of carboxylic acids is 1. The summed E-state index contributed by atoms with van der Waals surface area (Å²) in [6.07, 6.45) is 0.367. The molecule has 0 saturated carbocycles. The smallest absolute Gasteiger partial charge is 0.330 e. The lowest BCUT2D eigenvalue weighted by molar-refractivity contribution is -0.384. The lowest BCUT2D eigenvalue weighted by Gasteiger charge is -2.24. The summed E-state index contributed by atoms with van der Waals surface area (Å²) in [5, 5.41) is 22.3. The number of non-ortho nitro benzene ring substituents is 1. The Morgan fingerprint density at radius 3 is 2.45 bits per heavy atom. The van der Waals surface area contributed by atoms with Gasteiger partial charge in [0.15, 0.2) is 0 Å². The molecular formula is C12H12N2O5S. The second-order valence-corrected chi connectivity index (χ2v) is 5.55. The molecule has 1 saturated heterocycles. The molecule has 2 rings (SSSR count). The Kier molecular flexibility index (Phi) is 3.93. The van der Waals surface area contributed by atoms with Crippen molar-refractivity contribution in [3.8, 4) is 0 Å². The van der Waals surface area contributed by atoms with Crippen molar-refractivity contribution < 1.29 is 19.6 Å². The van der Waals surface area contributed by atoms with Crippen LogP contribution in [0.25, 0.3) is 0 Å². The topological polar surface area (TPSA) is 110 Å². The average molecular weight is 296 g/mol. The summed E-state index contributed by atoms with van der Waals surface area (Å²) in [5.74, 6) is -0.601. The van der Waals surface area contributed by atoms with E-state index in [4.69, 9.17) is 0 Å². The van der Waals surface area contributed by atoms with E-state index < -0.39 is 22.3 Å². The summed E-state index contributed by atoms with van der Waals surface area (Å²) in [6.45, 7) is 0. The number of nitrogens with one attached hydrogen (secondary N) is 1. The van der Waals surface area contributed by atoms with Gasteiger partial charge >= 0.3 is 5.97 Å². The van der Waals surface area contributed by atoms with Crippen molar-refractivity contribution in [1.82, 2.24) is 5.32 Å². The molecule has 1 aromatic rings. The first-order chi connectivity index (χ1) is 9.44. The highest BCUT2D eigenvalue weighted by atomic mass is 32.2. The standard InChI is InChI=1S/C12H12N2O5S/c15-10(8-1-3-9(4-2-8)14(18)19)13-12(11(16)17)5-6-20-7-12/h1-4H,5-7H2,(H,13,15)(H,16,17). The SMILES string of the molecule is O=C(NC1(C(=O)O)CCSC1)c1ccc([N+](=O)[O-])cc1. The van der Waals surface area contributed by atoms with E-state index in [1.54, 1.807) is 0 Å². The fourth-order valence-electron chi connectivity index (χ4n) is 1.91. The third-order valence-corrected chi connectivity index (χ3v) is 4.31. The van der Waals surface area contributed by atoms with Crippen LogP contribution in [-0.2, 0) is 4.79 Å². The van der Waals surface area contributed by atoms with Crippen molar-refractivity contribution >= 4 is 29.3 Å². The molecule has 1 aliphatic rings. The molecule has 1 atom stereocenters. The summed E-state index contributed by atoms with van der Waals surface area (Å²) < 4.78 is 0. The van der Waals surface area contributed by atoms with Crippen molar-refractivity contribution in [2.24, 2.45) is 0 Å². The molecule has 2 N–H and O–H groups in total. The van der Waals surface area contributed by atoms with Gasteiger partial charge in [-0.25, -0.2) is 4.79 Å². The molecule has 1 aliphatic heterocycles. The van der Waals surface area contributed by atoms with Gasteiger partial charge in [0.1, 0.15) is 5.54 Å². The quantitative estimate of drug-likeness (QED) is 0.640. The number of amides is 1. The first-order valence-corrected chi connectivity index (χ1v) is 6.98. The number of hydrogen-bond acceptors (Lipinski definition) is 5. The van der Waals surface area contributed by atoms with Gasteiger partial charge < -0.3 is 10.4 Å². The molecule has 0 aliphatic carbocycles. The summed E-state index contributed by atoms with van der Waals surface area (Å²) in [4.78, 5) is 33.3. The Bertz CT molecular complexity index is 551. The number of thioether (sulfide) groups is 1. The molecule has 1 aromatic carbocycles. The van der Waals surface area contributed by atoms with Crippen LogP contribution >= 0.6 is 11.8 Å². The first kappa shape index (κ1) is 14.3. The van der Waals surface area contributed by atoms with Crippen LogP contribution in [0.2, 0.25) is 0 Å². The van der Waals surface area contributed by atoms with E-state index in [1.165, 1.54) is 36.0 Å². The van der Waals surface area contributed by atoms with Gasteiger partial charge in [-0.2, -0.15) is 11.8 Å². The molecule has 0 aromatic heterocycles. The number of carbonyl (C=O) groups is 2. The first-order valence-electron chi connectivity index (χ1n) is 5.83. The number of hydrogen-bond donors (Lipinski definition) is 2. The zero-order valence-electron chi connectivity index (χ0n) is 10.4. The Morgan fingerprint density at radius 1 is 1.35 bits per heavy atom. The zero-order chi connectivity index (χ0) is 14.8. The molecule has 0 bridgehead atoms. The number of benzene rings is 1. The zero-order valence-corrected chi connectivity index (χ0v) is 11.2. The van der Waals surface area contributed by atoms with Gasteiger partial charge in [-0.3, -0.25) is 14.9 Å². The third kappa shape index (κ3) is 2.74. The summed E-state index contributed by atoms with van der Waals surface area (Å²) in [5.41, 5.74) is -1.16. The van der Waals surface area contributed by atoms with Crippen molar-refractivity contribution in [2.75, 3.05) is 11.5 Å². The Morgan fingerprint density at radius 2 is 2.00 bits per heavy atom. The predicted octanol–water partition coefficient (Wildman–Crippen LogP) is 1.28. The van der Waals surface area contributed by atoms with Crippen molar-refractivity contribution in [1.29, 1.82) is 0 Å². The van der Waals surface area contributed by atoms with E-state index in [0.717, 1.165) is 0 Å². The van der Waals surface area contributed by atoms with E-state index >= 15 is 0 Å². The molecule has 7 nitrogen and oxygen atoms in total. The second-order valence-electron chi connectivity index (χ2n) is 4.45. The van der Waals surface area contributed by atoms with E-state index in [-0.39, 0.29) is 11.3 Å². The van der Waals surface area contributed by atoms with Gasteiger partial charge in [0.05, 0.1) is 4.92 Å². The van der Waals surface area contributed by atoms with Gasteiger partial charge in [0.25, 0.3) is 11.6 Å². The Balaban J connectivity index is 2.15. The molecule has 1 heterocycles. The molecule has 106 valence electrons. The maximum absolute atomic E-state index is 12.0. The van der Waals surface area contributed by atoms with Crippen LogP contribution in [0.5, 0.6) is 0 Å². The lowest BCUT2D eigenvalue weighted by atomic mass is 9.98. The minimum Gasteiger partial charge on any atom is -0.479 e. The van der Waals surface area contributed by atoms with Crippen molar-refractivity contribution in [2.45, 2.75) is 12.0 Å². The third-order valence-electron chi connectivity index (χ3n) is 3.12. The number of aliphatic carboxylic acids is 1. The number of rotatable bonds is 4. The average Bonchev–Trinajstić information content (AvgIpc) is 2.88. The van der Waals surface area contributed by atoms with Gasteiger partial charge in [0.2, 0.25) is 0 Å². The van der Waals surface area contributed by atoms with Gasteiger partial charge in [-0.15, -0.1) is 0 Å². The fraction of sp³-hybridized carbons (Fsp3) is 0.333. The van der Waals surface area contributed by atoms with Gasteiger partial charge in [0, 0.05) is 23.4 Å². The fourth-order valence-corrected chi connectivity index (χ4v) is 3.24. The molecule has 0 radical (unpaired) electrons. The van der Waals surface area contributed by atoms with Crippen LogP contribution in [0.1, 0.15) is 16.8 Å². The van der Waals surface area contributed by atoms with Crippen LogP contribution in [-0.4, -0.2) is 39.0 Å². The number of nitrogens with zero attached hydrogens (tertiary/aromatic N) is 1. The maximum atomic E-state index is 12.0. The minimum atomic E-state index is -1.25. The van der Waals surface area contributed by atoms with Gasteiger partial charge in [-0.1, -0.05) is 0 Å². The molecule has 0 spiro atoms. The van der Waals surface area contributed by atoms with Crippen LogP contribution in [0, 0.1) is 10.1 Å². The molecular weight excluding hydrogens is 284 g/mol. The largest absolute Gasteiger partial charge is 0.479 e. The highest BCUT2D eigenvalue weighted by Crippen LogP contribution is 2.28. The summed E-state index contributed by atoms with van der Waals surface area (Å²) in [7, 11) is 0.